The maximum Gasteiger partial charge on any atom is 0.0618 e. The standard InChI is InChI=1S/C13H26N2O/c1-3-16-9-10(2)15-7-11-5-4-6-13(14)12(11)8-15/h10-13H,3-9,14H2,1-2H3. The Morgan fingerprint density at radius 2 is 2.19 bits per heavy atom. The van der Waals surface area contributed by atoms with Gasteiger partial charge in [-0.2, -0.15) is 0 Å². The third-order valence-corrected chi connectivity index (χ3v) is 4.37. The van der Waals surface area contributed by atoms with Gasteiger partial charge in [0.2, 0.25) is 0 Å². The zero-order valence-corrected chi connectivity index (χ0v) is 10.7. The van der Waals surface area contributed by atoms with Gasteiger partial charge < -0.3 is 10.5 Å². The second kappa shape index (κ2) is 5.48. The number of hydrogen-bond donors (Lipinski definition) is 1. The summed E-state index contributed by atoms with van der Waals surface area (Å²) in [5, 5.41) is 0. The smallest absolute Gasteiger partial charge is 0.0618 e. The van der Waals surface area contributed by atoms with Crippen molar-refractivity contribution in [2.45, 2.75) is 45.2 Å². The Hall–Kier alpha value is -0.120. The highest BCUT2D eigenvalue weighted by molar-refractivity contribution is 4.94. The highest BCUT2D eigenvalue weighted by Crippen LogP contribution is 2.36. The van der Waals surface area contributed by atoms with E-state index in [2.05, 4.69) is 18.7 Å². The van der Waals surface area contributed by atoms with Crippen molar-refractivity contribution in [1.82, 2.24) is 4.90 Å². The van der Waals surface area contributed by atoms with E-state index < -0.39 is 0 Å². The van der Waals surface area contributed by atoms with Gasteiger partial charge in [0.1, 0.15) is 0 Å². The number of nitrogens with zero attached hydrogens (tertiary/aromatic N) is 1. The molecule has 1 heterocycles. The van der Waals surface area contributed by atoms with E-state index in [1.165, 1.54) is 32.4 Å². The SMILES string of the molecule is CCOCC(C)N1CC2CCCC(N)C2C1. The maximum atomic E-state index is 6.22. The highest BCUT2D eigenvalue weighted by atomic mass is 16.5. The van der Waals surface area contributed by atoms with Crippen LogP contribution in [0.2, 0.25) is 0 Å². The number of hydrogen-bond acceptors (Lipinski definition) is 3. The normalized spacial score (nSPS) is 37.3. The van der Waals surface area contributed by atoms with Crippen molar-refractivity contribution in [2.75, 3.05) is 26.3 Å². The minimum absolute atomic E-state index is 0.447. The van der Waals surface area contributed by atoms with Gasteiger partial charge in [0.15, 0.2) is 0 Å². The summed E-state index contributed by atoms with van der Waals surface area (Å²) in [5.74, 6) is 1.60. The van der Waals surface area contributed by atoms with E-state index in [1.54, 1.807) is 0 Å². The first-order valence-electron chi connectivity index (χ1n) is 6.79. The third-order valence-electron chi connectivity index (χ3n) is 4.37. The van der Waals surface area contributed by atoms with E-state index in [4.69, 9.17) is 10.5 Å². The van der Waals surface area contributed by atoms with Crippen molar-refractivity contribution < 1.29 is 4.74 Å². The molecule has 0 amide bonds. The van der Waals surface area contributed by atoms with Gasteiger partial charge in [-0.1, -0.05) is 6.42 Å². The largest absolute Gasteiger partial charge is 0.380 e. The van der Waals surface area contributed by atoms with E-state index >= 15 is 0 Å². The Kier molecular flexibility index (Phi) is 4.22. The van der Waals surface area contributed by atoms with Gasteiger partial charge in [-0.05, 0) is 38.5 Å². The Morgan fingerprint density at radius 3 is 2.88 bits per heavy atom. The van der Waals surface area contributed by atoms with E-state index in [9.17, 15) is 0 Å². The molecular weight excluding hydrogens is 200 g/mol. The van der Waals surface area contributed by atoms with Crippen molar-refractivity contribution in [3.63, 3.8) is 0 Å². The number of fused-ring (bicyclic) bond motifs is 1. The molecule has 0 aromatic rings. The summed E-state index contributed by atoms with van der Waals surface area (Å²) in [4.78, 5) is 2.58. The quantitative estimate of drug-likeness (QED) is 0.789. The lowest BCUT2D eigenvalue weighted by molar-refractivity contribution is 0.0817. The van der Waals surface area contributed by atoms with Crippen LogP contribution in [-0.4, -0.2) is 43.3 Å². The predicted octanol–water partition coefficient (Wildman–Crippen LogP) is 1.47. The van der Waals surface area contributed by atoms with Crippen molar-refractivity contribution in [2.24, 2.45) is 17.6 Å². The fourth-order valence-electron chi connectivity index (χ4n) is 3.30. The van der Waals surface area contributed by atoms with Gasteiger partial charge in [-0.15, -0.1) is 0 Å². The summed E-state index contributed by atoms with van der Waals surface area (Å²) in [5.41, 5.74) is 6.22. The molecule has 3 nitrogen and oxygen atoms in total. The van der Waals surface area contributed by atoms with Crippen molar-refractivity contribution >= 4 is 0 Å². The van der Waals surface area contributed by atoms with E-state index in [0.717, 1.165) is 25.0 Å². The van der Waals surface area contributed by atoms with Crippen LogP contribution >= 0.6 is 0 Å². The van der Waals surface area contributed by atoms with Crippen LogP contribution < -0.4 is 5.73 Å². The Bertz CT molecular complexity index is 222. The van der Waals surface area contributed by atoms with Gasteiger partial charge in [0.25, 0.3) is 0 Å². The first-order chi connectivity index (χ1) is 7.72. The summed E-state index contributed by atoms with van der Waals surface area (Å²) in [7, 11) is 0. The lowest BCUT2D eigenvalue weighted by Gasteiger charge is -2.30. The molecule has 0 bridgehead atoms. The molecule has 94 valence electrons. The summed E-state index contributed by atoms with van der Waals surface area (Å²) < 4.78 is 5.51. The zero-order chi connectivity index (χ0) is 11.5. The summed E-state index contributed by atoms with van der Waals surface area (Å²) >= 11 is 0. The minimum Gasteiger partial charge on any atom is -0.380 e. The lowest BCUT2D eigenvalue weighted by Crippen LogP contribution is -2.39. The van der Waals surface area contributed by atoms with Gasteiger partial charge in [-0.3, -0.25) is 4.90 Å². The van der Waals surface area contributed by atoms with Gasteiger partial charge >= 0.3 is 0 Å². The van der Waals surface area contributed by atoms with Gasteiger partial charge in [0, 0.05) is 31.8 Å². The number of rotatable bonds is 4. The number of likely N-dealkylation sites (tertiary alicyclic amines) is 1. The molecule has 3 heteroatoms. The first-order valence-corrected chi connectivity index (χ1v) is 6.79. The van der Waals surface area contributed by atoms with Crippen molar-refractivity contribution in [3.8, 4) is 0 Å². The van der Waals surface area contributed by atoms with Gasteiger partial charge in [0.05, 0.1) is 6.61 Å². The number of nitrogens with two attached hydrogens (primary N) is 1. The second-order valence-electron chi connectivity index (χ2n) is 5.48. The molecule has 16 heavy (non-hydrogen) atoms. The van der Waals surface area contributed by atoms with E-state index in [0.29, 0.717) is 12.1 Å². The summed E-state index contributed by atoms with van der Waals surface area (Å²) in [6, 6.07) is 1.00. The van der Waals surface area contributed by atoms with Crippen LogP contribution in [0.3, 0.4) is 0 Å². The molecule has 2 rings (SSSR count). The fourth-order valence-corrected chi connectivity index (χ4v) is 3.30. The Morgan fingerprint density at radius 1 is 1.38 bits per heavy atom. The molecule has 1 aliphatic heterocycles. The van der Waals surface area contributed by atoms with Crippen LogP contribution in [0.4, 0.5) is 0 Å². The average Bonchev–Trinajstić information content (AvgIpc) is 2.71. The lowest BCUT2D eigenvalue weighted by atomic mass is 9.78. The van der Waals surface area contributed by atoms with Crippen LogP contribution in [0.25, 0.3) is 0 Å². The highest BCUT2D eigenvalue weighted by Gasteiger charge is 2.39. The molecule has 0 radical (unpaired) electrons. The molecule has 1 aliphatic carbocycles. The fraction of sp³-hybridized carbons (Fsp3) is 1.00. The molecule has 4 unspecified atom stereocenters. The molecule has 2 aliphatic rings. The maximum absolute atomic E-state index is 6.22. The Labute approximate surface area is 99.3 Å². The first kappa shape index (κ1) is 12.3. The van der Waals surface area contributed by atoms with E-state index in [1.807, 2.05) is 0 Å². The van der Waals surface area contributed by atoms with Crippen LogP contribution in [0.5, 0.6) is 0 Å². The van der Waals surface area contributed by atoms with Crippen LogP contribution in [0.1, 0.15) is 33.1 Å². The van der Waals surface area contributed by atoms with Crippen LogP contribution in [0, 0.1) is 11.8 Å². The molecule has 0 spiro atoms. The van der Waals surface area contributed by atoms with Crippen molar-refractivity contribution in [1.29, 1.82) is 0 Å². The minimum atomic E-state index is 0.447. The topological polar surface area (TPSA) is 38.5 Å². The third kappa shape index (κ3) is 2.58. The van der Waals surface area contributed by atoms with Crippen LogP contribution in [0.15, 0.2) is 0 Å². The zero-order valence-electron chi connectivity index (χ0n) is 10.7. The second-order valence-corrected chi connectivity index (χ2v) is 5.48. The summed E-state index contributed by atoms with van der Waals surface area (Å²) in [6.45, 7) is 8.47. The van der Waals surface area contributed by atoms with Gasteiger partial charge in [-0.25, -0.2) is 0 Å². The average molecular weight is 226 g/mol. The molecule has 0 aromatic carbocycles. The van der Waals surface area contributed by atoms with Crippen molar-refractivity contribution in [3.05, 3.63) is 0 Å². The van der Waals surface area contributed by atoms with Crippen LogP contribution in [-0.2, 0) is 4.74 Å². The molecule has 2 fully saturated rings. The van der Waals surface area contributed by atoms with E-state index in [-0.39, 0.29) is 0 Å². The molecule has 2 N–H and O–H groups in total. The molecule has 1 saturated carbocycles. The Balaban J connectivity index is 1.85. The summed E-state index contributed by atoms with van der Waals surface area (Å²) in [6.07, 6.45) is 3.95. The molecular formula is C13H26N2O. The monoisotopic (exact) mass is 226 g/mol. The molecule has 4 atom stereocenters. The molecule has 0 aromatic heterocycles. The number of ether oxygens (including phenoxy) is 1. The predicted molar refractivity (Wildman–Crippen MR) is 66.3 cm³/mol. The molecule has 1 saturated heterocycles.